The van der Waals surface area contributed by atoms with Crippen LogP contribution in [0.5, 0.6) is 0 Å². The maximum atomic E-state index is 13.4. The molecule has 2 N–H and O–H groups in total. The van der Waals surface area contributed by atoms with Gasteiger partial charge in [-0.1, -0.05) is 30.3 Å². The number of nitrogens with zero attached hydrogens (tertiary/aromatic N) is 2. The Labute approximate surface area is 193 Å². The standard InChI is InChI=1S/C22H26F2N4O.HI/c1-15(16-9-10-19(23)20(24)12-16)27-22(25-2)26-11-5-8-21(29)28-13-17-6-3-4-7-18(17)14-28;/h3-4,6-7,9-10,12,15H,5,8,11,13-14H2,1-2H3,(H2,25,26,27);1H. The van der Waals surface area contributed by atoms with E-state index in [9.17, 15) is 13.6 Å². The molecule has 2 aromatic rings. The zero-order valence-corrected chi connectivity index (χ0v) is 19.5. The predicted molar refractivity (Wildman–Crippen MR) is 125 cm³/mol. The Morgan fingerprint density at radius 3 is 2.40 bits per heavy atom. The maximum Gasteiger partial charge on any atom is 0.223 e. The smallest absolute Gasteiger partial charge is 0.223 e. The van der Waals surface area contributed by atoms with E-state index in [0.717, 1.165) is 6.07 Å². The Morgan fingerprint density at radius 2 is 1.80 bits per heavy atom. The van der Waals surface area contributed by atoms with Crippen LogP contribution in [0.4, 0.5) is 8.78 Å². The van der Waals surface area contributed by atoms with Gasteiger partial charge in [-0.05, 0) is 42.2 Å². The molecular formula is C22H27F2IN4O. The number of benzene rings is 2. The molecule has 1 aliphatic heterocycles. The van der Waals surface area contributed by atoms with Gasteiger partial charge in [-0.2, -0.15) is 0 Å². The molecule has 162 valence electrons. The van der Waals surface area contributed by atoms with Gasteiger partial charge in [0, 0.05) is 33.1 Å². The van der Waals surface area contributed by atoms with E-state index in [-0.39, 0.29) is 35.9 Å². The molecule has 2 aromatic carbocycles. The molecule has 0 saturated heterocycles. The van der Waals surface area contributed by atoms with Crippen molar-refractivity contribution in [2.75, 3.05) is 13.6 Å². The van der Waals surface area contributed by atoms with Gasteiger partial charge < -0.3 is 15.5 Å². The van der Waals surface area contributed by atoms with Crippen LogP contribution in [0, 0.1) is 11.6 Å². The first kappa shape index (κ1) is 24.0. The number of guanidine groups is 1. The number of hydrogen-bond acceptors (Lipinski definition) is 2. The molecule has 0 fully saturated rings. The number of fused-ring (bicyclic) bond motifs is 1. The van der Waals surface area contributed by atoms with E-state index in [0.29, 0.717) is 44.0 Å². The Bertz CT molecular complexity index is 881. The van der Waals surface area contributed by atoms with Crippen molar-refractivity contribution in [3.05, 3.63) is 70.8 Å². The molecule has 5 nitrogen and oxygen atoms in total. The first-order valence-corrected chi connectivity index (χ1v) is 9.74. The van der Waals surface area contributed by atoms with Crippen molar-refractivity contribution in [1.82, 2.24) is 15.5 Å². The maximum absolute atomic E-state index is 13.4. The Kier molecular flexibility index (Phi) is 9.01. The fourth-order valence-corrected chi connectivity index (χ4v) is 3.38. The number of amides is 1. The molecule has 1 atom stereocenters. The lowest BCUT2D eigenvalue weighted by Crippen LogP contribution is -2.39. The fourth-order valence-electron chi connectivity index (χ4n) is 3.38. The zero-order valence-electron chi connectivity index (χ0n) is 17.1. The van der Waals surface area contributed by atoms with Crippen LogP contribution in [0.15, 0.2) is 47.5 Å². The summed E-state index contributed by atoms with van der Waals surface area (Å²) in [6.45, 7) is 3.78. The van der Waals surface area contributed by atoms with Crippen LogP contribution in [-0.2, 0) is 17.9 Å². The van der Waals surface area contributed by atoms with Crippen molar-refractivity contribution < 1.29 is 13.6 Å². The molecule has 0 aromatic heterocycles. The lowest BCUT2D eigenvalue weighted by atomic mass is 10.1. The van der Waals surface area contributed by atoms with E-state index in [4.69, 9.17) is 0 Å². The first-order chi connectivity index (χ1) is 14.0. The average molecular weight is 528 g/mol. The van der Waals surface area contributed by atoms with E-state index in [1.165, 1.54) is 23.3 Å². The number of carbonyl (C=O) groups is 1. The molecule has 3 rings (SSSR count). The van der Waals surface area contributed by atoms with Gasteiger partial charge in [-0.3, -0.25) is 9.79 Å². The van der Waals surface area contributed by atoms with Crippen molar-refractivity contribution >= 4 is 35.8 Å². The molecule has 8 heteroatoms. The summed E-state index contributed by atoms with van der Waals surface area (Å²) in [4.78, 5) is 18.5. The molecule has 0 bridgehead atoms. The number of nitrogens with one attached hydrogen (secondary N) is 2. The molecule has 1 unspecified atom stereocenters. The number of rotatable bonds is 6. The van der Waals surface area contributed by atoms with Crippen LogP contribution in [0.2, 0.25) is 0 Å². The normalized spacial score (nSPS) is 14.0. The summed E-state index contributed by atoms with van der Waals surface area (Å²) in [7, 11) is 1.64. The van der Waals surface area contributed by atoms with Gasteiger partial charge >= 0.3 is 0 Å². The van der Waals surface area contributed by atoms with Gasteiger partial charge in [-0.15, -0.1) is 24.0 Å². The third kappa shape index (κ3) is 6.13. The largest absolute Gasteiger partial charge is 0.356 e. The Morgan fingerprint density at radius 1 is 1.13 bits per heavy atom. The van der Waals surface area contributed by atoms with Gasteiger partial charge in [0.05, 0.1) is 6.04 Å². The van der Waals surface area contributed by atoms with Crippen LogP contribution < -0.4 is 10.6 Å². The third-order valence-corrected chi connectivity index (χ3v) is 5.07. The third-order valence-electron chi connectivity index (χ3n) is 5.07. The topological polar surface area (TPSA) is 56.7 Å². The van der Waals surface area contributed by atoms with Crippen LogP contribution >= 0.6 is 24.0 Å². The van der Waals surface area contributed by atoms with E-state index < -0.39 is 11.6 Å². The lowest BCUT2D eigenvalue weighted by Gasteiger charge is -2.19. The summed E-state index contributed by atoms with van der Waals surface area (Å²) in [6.07, 6.45) is 1.13. The van der Waals surface area contributed by atoms with Crippen LogP contribution in [-0.4, -0.2) is 30.4 Å². The van der Waals surface area contributed by atoms with Gasteiger partial charge in [0.25, 0.3) is 0 Å². The molecule has 1 heterocycles. The van der Waals surface area contributed by atoms with Crippen molar-refractivity contribution in [2.45, 2.75) is 38.9 Å². The Hall–Kier alpha value is -2.23. The second-order valence-corrected chi connectivity index (χ2v) is 7.16. The number of hydrogen-bond donors (Lipinski definition) is 2. The monoisotopic (exact) mass is 528 g/mol. The molecule has 30 heavy (non-hydrogen) atoms. The summed E-state index contributed by atoms with van der Waals surface area (Å²) in [5.41, 5.74) is 3.06. The number of carbonyl (C=O) groups excluding carboxylic acids is 1. The van der Waals surface area contributed by atoms with Gasteiger partial charge in [-0.25, -0.2) is 8.78 Å². The van der Waals surface area contributed by atoms with Crippen LogP contribution in [0.25, 0.3) is 0 Å². The minimum absolute atomic E-state index is 0. The van der Waals surface area contributed by atoms with Gasteiger partial charge in [0.1, 0.15) is 0 Å². The van der Waals surface area contributed by atoms with Crippen molar-refractivity contribution in [2.24, 2.45) is 4.99 Å². The summed E-state index contributed by atoms with van der Waals surface area (Å²) in [5.74, 6) is -1.06. The van der Waals surface area contributed by atoms with Crippen molar-refractivity contribution in [1.29, 1.82) is 0 Å². The highest BCUT2D eigenvalue weighted by Crippen LogP contribution is 2.22. The summed E-state index contributed by atoms with van der Waals surface area (Å²) in [5, 5.41) is 6.30. The minimum Gasteiger partial charge on any atom is -0.356 e. The quantitative estimate of drug-likeness (QED) is 0.257. The SMILES string of the molecule is CN=C(NCCCC(=O)N1Cc2ccccc2C1)NC(C)c1ccc(F)c(F)c1.I. The van der Waals surface area contributed by atoms with E-state index in [1.807, 2.05) is 24.0 Å². The molecule has 0 saturated carbocycles. The van der Waals surface area contributed by atoms with E-state index in [2.05, 4.69) is 27.8 Å². The average Bonchev–Trinajstić information content (AvgIpc) is 3.16. The number of aliphatic imine (C=N–C) groups is 1. The molecule has 0 spiro atoms. The highest BCUT2D eigenvalue weighted by molar-refractivity contribution is 14.0. The highest BCUT2D eigenvalue weighted by atomic mass is 127. The summed E-state index contributed by atoms with van der Waals surface area (Å²) < 4.78 is 26.5. The molecule has 1 amide bonds. The lowest BCUT2D eigenvalue weighted by molar-refractivity contribution is -0.131. The second-order valence-electron chi connectivity index (χ2n) is 7.16. The van der Waals surface area contributed by atoms with E-state index >= 15 is 0 Å². The molecule has 0 radical (unpaired) electrons. The predicted octanol–water partition coefficient (Wildman–Crippen LogP) is 4.13. The number of halogens is 3. The fraction of sp³-hybridized carbons (Fsp3) is 0.364. The van der Waals surface area contributed by atoms with Gasteiger partial charge in [0.2, 0.25) is 5.91 Å². The molecular weight excluding hydrogens is 501 g/mol. The van der Waals surface area contributed by atoms with Crippen molar-refractivity contribution in [3.63, 3.8) is 0 Å². The molecule has 0 aliphatic carbocycles. The second kappa shape index (κ2) is 11.2. The summed E-state index contributed by atoms with van der Waals surface area (Å²) in [6, 6.07) is 11.7. The zero-order chi connectivity index (χ0) is 20.8. The van der Waals surface area contributed by atoms with Crippen LogP contribution in [0.1, 0.15) is 42.5 Å². The van der Waals surface area contributed by atoms with Crippen molar-refractivity contribution in [3.8, 4) is 0 Å². The van der Waals surface area contributed by atoms with Crippen LogP contribution in [0.3, 0.4) is 0 Å². The summed E-state index contributed by atoms with van der Waals surface area (Å²) >= 11 is 0. The first-order valence-electron chi connectivity index (χ1n) is 9.74. The van der Waals surface area contributed by atoms with Gasteiger partial charge in [0.15, 0.2) is 17.6 Å². The van der Waals surface area contributed by atoms with E-state index in [1.54, 1.807) is 7.05 Å². The highest BCUT2D eigenvalue weighted by Gasteiger charge is 2.22. The molecule has 1 aliphatic rings. The Balaban J connectivity index is 0.00000320. The minimum atomic E-state index is -0.873.